The number of hydrogen-bond donors (Lipinski definition) is 1. The topological polar surface area (TPSA) is 24.9 Å². The van der Waals surface area contributed by atoms with Gasteiger partial charge in [0.15, 0.2) is 0 Å². The molecule has 0 atom stereocenters. The van der Waals surface area contributed by atoms with Crippen LogP contribution in [0.15, 0.2) is 85.2 Å². The zero-order chi connectivity index (χ0) is 14.3. The van der Waals surface area contributed by atoms with Gasteiger partial charge in [-0.25, -0.2) is 0 Å². The average Bonchev–Trinajstić information content (AvgIpc) is 2.58. The van der Waals surface area contributed by atoms with Crippen LogP contribution in [0.5, 0.6) is 0 Å². The Bertz CT molecular complexity index is 611. The fraction of sp³-hybridized carbons (Fsp3) is 0.105. The summed E-state index contributed by atoms with van der Waals surface area (Å²) in [5, 5.41) is 3.48. The molecule has 0 aliphatic carbocycles. The number of hydrogen-bond acceptors (Lipinski definition) is 2. The van der Waals surface area contributed by atoms with Crippen LogP contribution in [-0.4, -0.2) is 11.5 Å². The summed E-state index contributed by atoms with van der Waals surface area (Å²) in [5.74, 6) is 0.326. The molecule has 0 fully saturated rings. The molecule has 0 amide bonds. The SMILES string of the molecule is c1ccc(C(CNc2cccnc2)c2ccccc2)cc1. The molecule has 1 aromatic heterocycles. The van der Waals surface area contributed by atoms with Crippen molar-refractivity contribution in [3.63, 3.8) is 0 Å². The van der Waals surface area contributed by atoms with Gasteiger partial charge < -0.3 is 5.32 Å². The maximum Gasteiger partial charge on any atom is 0.0527 e. The first-order chi connectivity index (χ1) is 10.4. The van der Waals surface area contributed by atoms with E-state index in [1.807, 2.05) is 18.3 Å². The van der Waals surface area contributed by atoms with Crippen molar-refractivity contribution in [2.24, 2.45) is 0 Å². The van der Waals surface area contributed by atoms with Crippen molar-refractivity contribution in [1.82, 2.24) is 4.98 Å². The third-order valence-electron chi connectivity index (χ3n) is 3.58. The minimum Gasteiger partial charge on any atom is -0.383 e. The molecular formula is C19H18N2. The van der Waals surface area contributed by atoms with E-state index in [9.17, 15) is 0 Å². The summed E-state index contributed by atoms with van der Waals surface area (Å²) >= 11 is 0. The fourth-order valence-corrected chi connectivity index (χ4v) is 2.49. The van der Waals surface area contributed by atoms with Crippen molar-refractivity contribution in [3.05, 3.63) is 96.3 Å². The third kappa shape index (κ3) is 3.48. The number of aromatic nitrogens is 1. The summed E-state index contributed by atoms with van der Waals surface area (Å²) in [6.07, 6.45) is 3.64. The van der Waals surface area contributed by atoms with Gasteiger partial charge in [0.2, 0.25) is 0 Å². The van der Waals surface area contributed by atoms with Crippen LogP contribution in [-0.2, 0) is 0 Å². The molecule has 0 bridgehead atoms. The number of nitrogens with one attached hydrogen (secondary N) is 1. The Balaban J connectivity index is 1.83. The van der Waals surface area contributed by atoms with Gasteiger partial charge in [0.05, 0.1) is 5.69 Å². The highest BCUT2D eigenvalue weighted by molar-refractivity contribution is 5.42. The molecule has 3 rings (SSSR count). The predicted molar refractivity (Wildman–Crippen MR) is 87.5 cm³/mol. The molecule has 104 valence electrons. The first-order valence-corrected chi connectivity index (χ1v) is 7.17. The number of benzene rings is 2. The van der Waals surface area contributed by atoms with Crippen molar-refractivity contribution < 1.29 is 0 Å². The number of nitrogens with zero attached hydrogens (tertiary/aromatic N) is 1. The summed E-state index contributed by atoms with van der Waals surface area (Å²) in [7, 11) is 0. The van der Waals surface area contributed by atoms with E-state index in [1.165, 1.54) is 11.1 Å². The third-order valence-corrected chi connectivity index (χ3v) is 3.58. The van der Waals surface area contributed by atoms with Crippen LogP contribution in [0.2, 0.25) is 0 Å². The van der Waals surface area contributed by atoms with Crippen molar-refractivity contribution >= 4 is 5.69 Å². The molecule has 3 aromatic rings. The van der Waals surface area contributed by atoms with E-state index in [-0.39, 0.29) is 0 Å². The Morgan fingerprint density at radius 1 is 0.762 bits per heavy atom. The summed E-state index contributed by atoms with van der Waals surface area (Å²) in [4.78, 5) is 4.15. The highest BCUT2D eigenvalue weighted by Gasteiger charge is 2.13. The molecule has 0 aliphatic heterocycles. The highest BCUT2D eigenvalue weighted by Crippen LogP contribution is 2.24. The van der Waals surface area contributed by atoms with E-state index in [0.29, 0.717) is 5.92 Å². The Hall–Kier alpha value is -2.61. The lowest BCUT2D eigenvalue weighted by atomic mass is 9.91. The number of rotatable bonds is 5. The van der Waals surface area contributed by atoms with Crippen molar-refractivity contribution in [2.45, 2.75) is 5.92 Å². The highest BCUT2D eigenvalue weighted by atomic mass is 14.9. The molecule has 2 heteroatoms. The van der Waals surface area contributed by atoms with Gasteiger partial charge in [0.1, 0.15) is 0 Å². The zero-order valence-corrected chi connectivity index (χ0v) is 11.8. The number of pyridine rings is 1. The molecular weight excluding hydrogens is 256 g/mol. The van der Waals surface area contributed by atoms with Crippen LogP contribution in [0.1, 0.15) is 17.0 Å². The Morgan fingerprint density at radius 3 is 1.90 bits per heavy atom. The van der Waals surface area contributed by atoms with Gasteiger partial charge in [0, 0.05) is 24.9 Å². The van der Waals surface area contributed by atoms with E-state index in [0.717, 1.165) is 12.2 Å². The van der Waals surface area contributed by atoms with Crippen LogP contribution in [0, 0.1) is 0 Å². The summed E-state index contributed by atoms with van der Waals surface area (Å²) in [5.41, 5.74) is 3.69. The maximum absolute atomic E-state index is 4.15. The van der Waals surface area contributed by atoms with Crippen LogP contribution in [0.3, 0.4) is 0 Å². The van der Waals surface area contributed by atoms with Crippen LogP contribution in [0.25, 0.3) is 0 Å². The van der Waals surface area contributed by atoms with Gasteiger partial charge in [0.25, 0.3) is 0 Å². The first kappa shape index (κ1) is 13.4. The fourth-order valence-electron chi connectivity index (χ4n) is 2.49. The van der Waals surface area contributed by atoms with Crippen molar-refractivity contribution in [2.75, 3.05) is 11.9 Å². The predicted octanol–water partition coefficient (Wildman–Crippen LogP) is 4.33. The van der Waals surface area contributed by atoms with Gasteiger partial charge in [-0.2, -0.15) is 0 Å². The monoisotopic (exact) mass is 274 g/mol. The molecule has 1 N–H and O–H groups in total. The molecule has 2 nitrogen and oxygen atoms in total. The lowest BCUT2D eigenvalue weighted by Crippen LogP contribution is -2.14. The van der Waals surface area contributed by atoms with E-state index in [4.69, 9.17) is 0 Å². The van der Waals surface area contributed by atoms with Crippen molar-refractivity contribution in [3.8, 4) is 0 Å². The second-order valence-electron chi connectivity index (χ2n) is 5.00. The molecule has 0 saturated heterocycles. The minimum absolute atomic E-state index is 0.326. The van der Waals surface area contributed by atoms with E-state index in [1.54, 1.807) is 6.20 Å². The average molecular weight is 274 g/mol. The summed E-state index contributed by atoms with van der Waals surface area (Å²) in [6.45, 7) is 0.847. The second kappa shape index (κ2) is 6.71. The Morgan fingerprint density at radius 2 is 1.38 bits per heavy atom. The van der Waals surface area contributed by atoms with Gasteiger partial charge in [-0.05, 0) is 23.3 Å². The Labute approximate surface area is 125 Å². The Kier molecular flexibility index (Phi) is 4.27. The van der Waals surface area contributed by atoms with Gasteiger partial charge >= 0.3 is 0 Å². The molecule has 2 aromatic carbocycles. The summed E-state index contributed by atoms with van der Waals surface area (Å²) in [6, 6.07) is 25.2. The quantitative estimate of drug-likeness (QED) is 0.749. The van der Waals surface area contributed by atoms with Gasteiger partial charge in [-0.1, -0.05) is 60.7 Å². The molecule has 0 spiro atoms. The largest absolute Gasteiger partial charge is 0.383 e. The van der Waals surface area contributed by atoms with Crippen LogP contribution >= 0.6 is 0 Å². The van der Waals surface area contributed by atoms with Crippen molar-refractivity contribution in [1.29, 1.82) is 0 Å². The zero-order valence-electron chi connectivity index (χ0n) is 11.8. The standard InChI is InChI=1S/C19H18N2/c1-3-8-16(9-4-1)19(17-10-5-2-6-11-17)15-21-18-12-7-13-20-14-18/h1-14,19,21H,15H2. The first-order valence-electron chi connectivity index (χ1n) is 7.17. The summed E-state index contributed by atoms with van der Waals surface area (Å²) < 4.78 is 0. The normalized spacial score (nSPS) is 10.5. The second-order valence-corrected chi connectivity index (χ2v) is 5.00. The van der Waals surface area contributed by atoms with Crippen LogP contribution < -0.4 is 5.32 Å². The number of anilines is 1. The minimum atomic E-state index is 0.326. The van der Waals surface area contributed by atoms with E-state index < -0.39 is 0 Å². The van der Waals surface area contributed by atoms with Gasteiger partial charge in [-0.15, -0.1) is 0 Å². The molecule has 0 radical (unpaired) electrons. The lowest BCUT2D eigenvalue weighted by molar-refractivity contribution is 0.852. The molecule has 1 heterocycles. The van der Waals surface area contributed by atoms with Crippen LogP contribution in [0.4, 0.5) is 5.69 Å². The van der Waals surface area contributed by atoms with Gasteiger partial charge in [-0.3, -0.25) is 4.98 Å². The molecule has 0 saturated carbocycles. The molecule has 21 heavy (non-hydrogen) atoms. The maximum atomic E-state index is 4.15. The smallest absolute Gasteiger partial charge is 0.0527 e. The molecule has 0 aliphatic rings. The lowest BCUT2D eigenvalue weighted by Gasteiger charge is -2.19. The van der Waals surface area contributed by atoms with E-state index in [2.05, 4.69) is 71.0 Å². The van der Waals surface area contributed by atoms with E-state index >= 15 is 0 Å². The molecule has 0 unspecified atom stereocenters.